The van der Waals surface area contributed by atoms with Crippen molar-refractivity contribution in [1.29, 1.82) is 0 Å². The van der Waals surface area contributed by atoms with Crippen molar-refractivity contribution >= 4 is 33.2 Å². The molecule has 5 rings (SSSR count). The van der Waals surface area contributed by atoms with Crippen LogP contribution in [-0.4, -0.2) is 85.5 Å². The van der Waals surface area contributed by atoms with Crippen LogP contribution in [-0.2, 0) is 42.0 Å². The maximum Gasteiger partial charge on any atom is 0.264 e. The molecule has 2 heterocycles. The molecule has 2 aromatic carbocycles. The van der Waals surface area contributed by atoms with E-state index in [4.69, 9.17) is 35.3 Å². The smallest absolute Gasteiger partial charge is 0.264 e. The number of methoxy groups -OCH3 is 1. The predicted molar refractivity (Wildman–Crippen MR) is 196 cm³/mol. The van der Waals surface area contributed by atoms with E-state index in [1.54, 1.807) is 32.2 Å². The number of carbonyl (C=O) groups excluding carboxylic acids is 1. The first-order chi connectivity index (χ1) is 24.2. The second kappa shape index (κ2) is 18.7. The van der Waals surface area contributed by atoms with Gasteiger partial charge in [0, 0.05) is 30.8 Å². The molecule has 5 atom stereocenters. The molecule has 276 valence electrons. The van der Waals surface area contributed by atoms with E-state index < -0.39 is 21.2 Å². The van der Waals surface area contributed by atoms with Crippen LogP contribution in [0.4, 0.5) is 5.69 Å². The Labute approximate surface area is 302 Å². The maximum absolute atomic E-state index is 13.5. The fourth-order valence-corrected chi connectivity index (χ4v) is 8.33. The van der Waals surface area contributed by atoms with Crippen LogP contribution in [0.5, 0.6) is 5.75 Å². The number of sulfonamides is 1. The first kappa shape index (κ1) is 38.6. The number of nitrogens with zero attached hydrogens (tertiary/aromatic N) is 1. The largest absolute Gasteiger partial charge is 0.487 e. The Bertz CT molecular complexity index is 1550. The van der Waals surface area contributed by atoms with Gasteiger partial charge in [-0.25, -0.2) is 13.1 Å². The second-order valence-corrected chi connectivity index (χ2v) is 16.1. The molecule has 50 heavy (non-hydrogen) atoms. The number of carbonyl (C=O) groups is 1. The highest BCUT2D eigenvalue weighted by molar-refractivity contribution is 7.90. The molecule has 0 aromatic heterocycles. The van der Waals surface area contributed by atoms with Crippen LogP contribution in [0.2, 0.25) is 5.02 Å². The zero-order valence-corrected chi connectivity index (χ0v) is 31.2. The van der Waals surface area contributed by atoms with Crippen LogP contribution >= 0.6 is 11.6 Å². The number of hydrogen-bond acceptors (Lipinski definition) is 9. The summed E-state index contributed by atoms with van der Waals surface area (Å²) in [6.07, 6.45) is 9.43. The van der Waals surface area contributed by atoms with Crippen molar-refractivity contribution in [2.24, 2.45) is 17.8 Å². The van der Waals surface area contributed by atoms with Crippen LogP contribution in [0.15, 0.2) is 48.6 Å². The van der Waals surface area contributed by atoms with Crippen LogP contribution < -0.4 is 14.4 Å². The van der Waals surface area contributed by atoms with E-state index >= 15 is 0 Å². The lowest BCUT2D eigenvalue weighted by molar-refractivity contribution is -0.0442. The highest BCUT2D eigenvalue weighted by atomic mass is 35.5. The van der Waals surface area contributed by atoms with Gasteiger partial charge >= 0.3 is 0 Å². The number of aryl methyl sites for hydroxylation is 1. The quantitative estimate of drug-likeness (QED) is 0.226. The standard InChI is InChI=1S/C38H53ClN2O8S/c1-27-7-6-9-36(48-22-21-47-20-19-46-18-17-45-3)34-14-11-31(34)25-41-16-5-4-8-29-23-33(39)13-10-32(29)26-49-37-15-12-30(24-35(37)41)38(42)40-50(43,44)28(27)2/h6,9-10,12-13,15,23-24,27-28,31,34,36H,4-5,7-8,11,14,16-22,25-26H2,1-3H3,(H,40,42)/b9-6+/t27-,28+,31-,34-,36-/m0/s1. The third-order valence-corrected chi connectivity index (χ3v) is 12.4. The Balaban J connectivity index is 1.40. The number of benzene rings is 2. The minimum absolute atomic E-state index is 0.132. The van der Waals surface area contributed by atoms with Crippen molar-refractivity contribution in [2.45, 2.75) is 70.3 Å². The number of allylic oxidation sites excluding steroid dienone is 1. The minimum atomic E-state index is -3.94. The molecule has 2 aromatic rings. The Morgan fingerprint density at radius 2 is 1.74 bits per heavy atom. The predicted octanol–water partition coefficient (Wildman–Crippen LogP) is 6.20. The van der Waals surface area contributed by atoms with E-state index in [9.17, 15) is 13.2 Å². The lowest BCUT2D eigenvalue weighted by Gasteiger charge is -2.44. The summed E-state index contributed by atoms with van der Waals surface area (Å²) in [5.74, 6) is 0.437. The van der Waals surface area contributed by atoms with E-state index in [2.05, 4.69) is 15.7 Å². The summed E-state index contributed by atoms with van der Waals surface area (Å²) in [7, 11) is -2.30. The molecule has 0 unspecified atom stereocenters. The molecule has 12 heteroatoms. The molecule has 3 aliphatic rings. The monoisotopic (exact) mass is 732 g/mol. The Hall–Kier alpha value is -2.67. The van der Waals surface area contributed by atoms with Gasteiger partial charge in [0.05, 0.1) is 56.7 Å². The third-order valence-electron chi connectivity index (χ3n) is 10.3. The Morgan fingerprint density at radius 3 is 2.50 bits per heavy atom. The Morgan fingerprint density at radius 1 is 0.960 bits per heavy atom. The summed E-state index contributed by atoms with van der Waals surface area (Å²) in [4.78, 5) is 15.8. The molecule has 2 aliphatic heterocycles. The normalized spacial score (nSPS) is 26.3. The van der Waals surface area contributed by atoms with Gasteiger partial charge < -0.3 is 28.6 Å². The van der Waals surface area contributed by atoms with Crippen LogP contribution in [0.25, 0.3) is 0 Å². The lowest BCUT2D eigenvalue weighted by Crippen LogP contribution is -2.44. The van der Waals surface area contributed by atoms with Crippen LogP contribution in [0, 0.1) is 17.8 Å². The van der Waals surface area contributed by atoms with Gasteiger partial charge in [-0.3, -0.25) is 4.79 Å². The summed E-state index contributed by atoms with van der Waals surface area (Å²) >= 11 is 6.36. The molecular weight excluding hydrogens is 680 g/mol. The number of amides is 1. The zero-order chi connectivity index (χ0) is 35.5. The number of hydrogen-bond donors (Lipinski definition) is 1. The fraction of sp³-hybridized carbons (Fsp3) is 0.605. The van der Waals surface area contributed by atoms with Gasteiger partial charge in [0.25, 0.3) is 5.91 Å². The van der Waals surface area contributed by atoms with Gasteiger partial charge in [-0.1, -0.05) is 36.7 Å². The summed E-state index contributed by atoms with van der Waals surface area (Å²) in [6, 6.07) is 11.2. The first-order valence-corrected chi connectivity index (χ1v) is 19.9. The molecule has 2 bridgehead atoms. The average Bonchev–Trinajstić information content (AvgIpc) is 3.11. The summed E-state index contributed by atoms with van der Waals surface area (Å²) in [5, 5.41) is -0.0765. The Kier molecular flexibility index (Phi) is 14.4. The van der Waals surface area contributed by atoms with Gasteiger partial charge in [0.1, 0.15) is 12.4 Å². The van der Waals surface area contributed by atoms with E-state index in [-0.39, 0.29) is 23.5 Å². The molecule has 0 saturated heterocycles. The van der Waals surface area contributed by atoms with Gasteiger partial charge in [0.15, 0.2) is 0 Å². The number of rotatable bonds is 10. The number of fused-ring (bicyclic) bond motifs is 3. The highest BCUT2D eigenvalue weighted by Crippen LogP contribution is 2.42. The first-order valence-electron chi connectivity index (χ1n) is 17.9. The summed E-state index contributed by atoms with van der Waals surface area (Å²) in [6.45, 7) is 8.40. The molecule has 1 saturated carbocycles. The summed E-state index contributed by atoms with van der Waals surface area (Å²) < 4.78 is 58.3. The lowest BCUT2D eigenvalue weighted by atomic mass is 9.70. The van der Waals surface area contributed by atoms with Gasteiger partial charge in [-0.15, -0.1) is 0 Å². The summed E-state index contributed by atoms with van der Waals surface area (Å²) in [5.41, 5.74) is 3.33. The van der Waals surface area contributed by atoms with Crippen molar-refractivity contribution in [2.75, 3.05) is 64.7 Å². The molecule has 0 spiro atoms. The van der Waals surface area contributed by atoms with E-state index in [0.717, 1.165) is 56.4 Å². The fourth-order valence-electron chi connectivity index (χ4n) is 6.85. The zero-order valence-electron chi connectivity index (χ0n) is 29.6. The second-order valence-electron chi connectivity index (χ2n) is 13.7. The maximum atomic E-state index is 13.5. The SMILES string of the molecule is COCCOCCOCCO[C@H]1/C=C/C[C@H](C)[C@@H](C)S(=O)(=O)NC(=O)c2ccc3c(c2)N(CCCCc2cc(Cl)ccc2CO3)C[C@@H]2CC[C@@H]21. The molecule has 1 amide bonds. The highest BCUT2D eigenvalue weighted by Gasteiger charge is 2.38. The number of halogens is 1. The third kappa shape index (κ3) is 10.4. The van der Waals surface area contributed by atoms with Crippen LogP contribution in [0.1, 0.15) is 67.4 Å². The molecule has 1 aliphatic carbocycles. The molecule has 1 N–H and O–H groups in total. The molecule has 1 fully saturated rings. The van der Waals surface area contributed by atoms with E-state index in [1.807, 2.05) is 31.2 Å². The van der Waals surface area contributed by atoms with Crippen LogP contribution in [0.3, 0.4) is 0 Å². The van der Waals surface area contributed by atoms with Gasteiger partial charge in [-0.2, -0.15) is 0 Å². The molecule has 10 nitrogen and oxygen atoms in total. The van der Waals surface area contributed by atoms with Gasteiger partial charge in [0.2, 0.25) is 10.0 Å². The molecule has 0 radical (unpaired) electrons. The van der Waals surface area contributed by atoms with Crippen molar-refractivity contribution in [3.63, 3.8) is 0 Å². The number of ether oxygens (including phenoxy) is 5. The number of nitrogens with one attached hydrogen (secondary N) is 1. The topological polar surface area (TPSA) is 113 Å². The minimum Gasteiger partial charge on any atom is -0.487 e. The van der Waals surface area contributed by atoms with Crippen molar-refractivity contribution in [3.05, 3.63) is 70.3 Å². The van der Waals surface area contributed by atoms with Crippen molar-refractivity contribution < 1.29 is 36.9 Å². The van der Waals surface area contributed by atoms with E-state index in [1.165, 1.54) is 5.56 Å². The van der Waals surface area contributed by atoms with Gasteiger partial charge in [-0.05, 0) is 105 Å². The van der Waals surface area contributed by atoms with E-state index in [0.29, 0.717) is 69.4 Å². The average molecular weight is 733 g/mol. The molecular formula is C38H53ClN2O8S. The number of anilines is 1. The van der Waals surface area contributed by atoms with Crippen molar-refractivity contribution in [1.82, 2.24) is 4.72 Å². The van der Waals surface area contributed by atoms with Crippen molar-refractivity contribution in [3.8, 4) is 5.75 Å².